The second kappa shape index (κ2) is 7.30. The van der Waals surface area contributed by atoms with Gasteiger partial charge in [0.1, 0.15) is 6.54 Å². The van der Waals surface area contributed by atoms with Crippen LogP contribution in [0.3, 0.4) is 0 Å². The molecule has 3 rings (SSSR count). The third-order valence-electron chi connectivity index (χ3n) is 5.37. The van der Waals surface area contributed by atoms with Crippen LogP contribution in [0.15, 0.2) is 19.0 Å². The molecule has 2 amide bonds. The molecule has 0 aliphatic carbocycles. The van der Waals surface area contributed by atoms with E-state index in [1.54, 1.807) is 6.08 Å². The van der Waals surface area contributed by atoms with E-state index in [1.165, 1.54) is 11.1 Å². The molecule has 25 heavy (non-hydrogen) atoms. The first-order valence-electron chi connectivity index (χ1n) is 8.62. The topological polar surface area (TPSA) is 87.5 Å². The molecule has 2 aliphatic heterocycles. The van der Waals surface area contributed by atoms with Gasteiger partial charge in [-0.15, -0.1) is 16.8 Å². The Labute approximate surface area is 147 Å². The number of piperazine rings is 1. The maximum absolute atomic E-state index is 12.6. The number of likely N-dealkylation sites (N-methyl/N-ethyl adjacent to an activating group) is 1. The number of nitrogens with zero attached hydrogens (tertiary/aromatic N) is 7. The molecule has 0 aromatic carbocycles. The molecule has 1 spiro atoms. The first-order valence-corrected chi connectivity index (χ1v) is 8.62. The molecule has 0 unspecified atom stereocenters. The minimum atomic E-state index is -0.157. The van der Waals surface area contributed by atoms with E-state index < -0.39 is 0 Å². The zero-order valence-corrected chi connectivity index (χ0v) is 14.7. The number of carbonyl (C=O) groups excluding carboxylic acids is 2. The molecular weight excluding hydrogens is 322 g/mol. The lowest BCUT2D eigenvalue weighted by atomic mass is 9.86. The molecule has 0 radical (unpaired) electrons. The highest BCUT2D eigenvalue weighted by Crippen LogP contribution is 2.32. The Morgan fingerprint density at radius 1 is 1.36 bits per heavy atom. The fourth-order valence-corrected chi connectivity index (χ4v) is 3.74. The van der Waals surface area contributed by atoms with Crippen molar-refractivity contribution in [3.63, 3.8) is 0 Å². The van der Waals surface area contributed by atoms with Gasteiger partial charge in [-0.25, -0.2) is 0 Å². The third kappa shape index (κ3) is 3.71. The number of hydrogen-bond acceptors (Lipinski definition) is 6. The smallest absolute Gasteiger partial charge is 0.246 e. The fourth-order valence-electron chi connectivity index (χ4n) is 3.74. The predicted octanol–water partition coefficient (Wildman–Crippen LogP) is -0.616. The van der Waals surface area contributed by atoms with Crippen LogP contribution in [0.25, 0.3) is 0 Å². The van der Waals surface area contributed by atoms with E-state index in [4.69, 9.17) is 0 Å². The Morgan fingerprint density at radius 3 is 2.92 bits per heavy atom. The van der Waals surface area contributed by atoms with E-state index in [1.807, 2.05) is 9.80 Å². The van der Waals surface area contributed by atoms with Crippen LogP contribution >= 0.6 is 0 Å². The average Bonchev–Trinajstić information content (AvgIpc) is 3.06. The van der Waals surface area contributed by atoms with Crippen molar-refractivity contribution in [2.45, 2.75) is 31.3 Å². The van der Waals surface area contributed by atoms with Gasteiger partial charge in [-0.3, -0.25) is 14.5 Å². The van der Waals surface area contributed by atoms with Gasteiger partial charge in [0.15, 0.2) is 6.33 Å². The summed E-state index contributed by atoms with van der Waals surface area (Å²) in [5.41, 5.74) is -0.157. The molecule has 2 aliphatic rings. The van der Waals surface area contributed by atoms with Gasteiger partial charge in [0.25, 0.3) is 0 Å². The molecular formula is C16H25N7O2. The van der Waals surface area contributed by atoms with Gasteiger partial charge in [0, 0.05) is 44.7 Å². The van der Waals surface area contributed by atoms with Crippen molar-refractivity contribution in [3.8, 4) is 0 Å². The normalized spacial score (nSPS) is 25.2. The summed E-state index contributed by atoms with van der Waals surface area (Å²) < 4.78 is 0. The Morgan fingerprint density at radius 2 is 2.20 bits per heavy atom. The molecule has 2 fully saturated rings. The van der Waals surface area contributed by atoms with Gasteiger partial charge in [-0.05, 0) is 25.1 Å². The summed E-state index contributed by atoms with van der Waals surface area (Å²) in [6.45, 7) is 7.22. The van der Waals surface area contributed by atoms with Gasteiger partial charge < -0.3 is 9.80 Å². The van der Waals surface area contributed by atoms with Crippen LogP contribution in [0.5, 0.6) is 0 Å². The molecule has 1 aromatic rings. The van der Waals surface area contributed by atoms with Crippen LogP contribution < -0.4 is 0 Å². The highest BCUT2D eigenvalue weighted by atomic mass is 16.2. The van der Waals surface area contributed by atoms with E-state index in [0.717, 1.165) is 19.4 Å². The molecule has 0 N–H and O–H groups in total. The van der Waals surface area contributed by atoms with Crippen LogP contribution in [0.4, 0.5) is 0 Å². The fraction of sp³-hybridized carbons (Fsp3) is 0.688. The summed E-state index contributed by atoms with van der Waals surface area (Å²) in [6.07, 6.45) is 5.21. The Hall–Kier alpha value is -2.29. The van der Waals surface area contributed by atoms with Crippen molar-refractivity contribution in [2.24, 2.45) is 0 Å². The predicted molar refractivity (Wildman–Crippen MR) is 90.4 cm³/mol. The standard InChI is InChI=1S/C16H25N7O2/c1-3-7-21-8-6-16(5-4-14(21)24)12-22(10-9-20(16)2)15(25)11-23-18-13-17-19-23/h3,13H,1,4-12H2,2H3/t16-/m0/s1. The van der Waals surface area contributed by atoms with Gasteiger partial charge in [0.05, 0.1) is 0 Å². The zero-order valence-electron chi connectivity index (χ0n) is 14.7. The minimum absolute atomic E-state index is 0.0102. The van der Waals surface area contributed by atoms with E-state index in [-0.39, 0.29) is 23.9 Å². The molecule has 0 saturated carbocycles. The lowest BCUT2D eigenvalue weighted by Gasteiger charge is -2.49. The molecule has 1 atom stereocenters. The number of likely N-dealkylation sites (tertiary alicyclic amines) is 1. The van der Waals surface area contributed by atoms with E-state index >= 15 is 0 Å². The highest BCUT2D eigenvalue weighted by molar-refractivity contribution is 5.77. The van der Waals surface area contributed by atoms with Crippen molar-refractivity contribution >= 4 is 11.8 Å². The van der Waals surface area contributed by atoms with Gasteiger partial charge >= 0.3 is 0 Å². The highest BCUT2D eigenvalue weighted by Gasteiger charge is 2.43. The molecule has 1 aromatic heterocycles. The monoisotopic (exact) mass is 347 g/mol. The lowest BCUT2D eigenvalue weighted by molar-refractivity contribution is -0.138. The summed E-state index contributed by atoms with van der Waals surface area (Å²) in [5.74, 6) is 0.157. The summed E-state index contributed by atoms with van der Waals surface area (Å²) in [7, 11) is 2.09. The maximum Gasteiger partial charge on any atom is 0.246 e. The van der Waals surface area contributed by atoms with Crippen molar-refractivity contribution < 1.29 is 9.59 Å². The Balaban J connectivity index is 1.70. The van der Waals surface area contributed by atoms with Gasteiger partial charge in [-0.2, -0.15) is 4.80 Å². The van der Waals surface area contributed by atoms with Crippen molar-refractivity contribution in [1.29, 1.82) is 0 Å². The number of carbonyl (C=O) groups is 2. The maximum atomic E-state index is 12.6. The van der Waals surface area contributed by atoms with Crippen LogP contribution in [0.1, 0.15) is 19.3 Å². The second-order valence-corrected chi connectivity index (χ2v) is 6.81. The van der Waals surface area contributed by atoms with E-state index in [9.17, 15) is 9.59 Å². The molecule has 9 heteroatoms. The van der Waals surface area contributed by atoms with Crippen molar-refractivity contribution in [3.05, 3.63) is 19.0 Å². The van der Waals surface area contributed by atoms with Crippen molar-refractivity contribution in [1.82, 2.24) is 34.9 Å². The first kappa shape index (κ1) is 17.5. The number of amides is 2. The first-order chi connectivity index (χ1) is 12.0. The van der Waals surface area contributed by atoms with Crippen LogP contribution in [-0.2, 0) is 16.1 Å². The number of rotatable bonds is 4. The largest absolute Gasteiger partial charge is 0.339 e. The summed E-state index contributed by atoms with van der Waals surface area (Å²) >= 11 is 0. The lowest BCUT2D eigenvalue weighted by Crippen LogP contribution is -2.62. The number of hydrogen-bond donors (Lipinski definition) is 0. The summed E-state index contributed by atoms with van der Waals surface area (Å²) in [6, 6.07) is 0. The Kier molecular flexibility index (Phi) is 5.12. The minimum Gasteiger partial charge on any atom is -0.339 e. The SMILES string of the molecule is C=CCN1CC[C@@]2(CCC1=O)CN(C(=O)Cn1ncnn1)CCN2C. The number of tetrazole rings is 1. The summed E-state index contributed by atoms with van der Waals surface area (Å²) in [5, 5.41) is 11.3. The second-order valence-electron chi connectivity index (χ2n) is 6.81. The molecule has 2 saturated heterocycles. The van der Waals surface area contributed by atoms with Crippen molar-refractivity contribution in [2.75, 3.05) is 39.8 Å². The molecule has 9 nitrogen and oxygen atoms in total. The molecule has 136 valence electrons. The Bertz CT molecular complexity index is 632. The van der Waals surface area contributed by atoms with Gasteiger partial charge in [-0.1, -0.05) is 6.08 Å². The molecule has 3 heterocycles. The van der Waals surface area contributed by atoms with Crippen LogP contribution in [-0.4, -0.2) is 92.0 Å². The third-order valence-corrected chi connectivity index (χ3v) is 5.37. The quantitative estimate of drug-likeness (QED) is 0.675. The number of aromatic nitrogens is 4. The average molecular weight is 347 g/mol. The summed E-state index contributed by atoms with van der Waals surface area (Å²) in [4.78, 5) is 32.3. The van der Waals surface area contributed by atoms with Gasteiger partial charge in [0.2, 0.25) is 11.8 Å². The van der Waals surface area contributed by atoms with E-state index in [0.29, 0.717) is 32.6 Å². The molecule has 0 bridgehead atoms. The van der Waals surface area contributed by atoms with E-state index in [2.05, 4.69) is 33.9 Å². The zero-order chi connectivity index (χ0) is 17.9. The van der Waals surface area contributed by atoms with Crippen LogP contribution in [0, 0.1) is 0 Å². The van der Waals surface area contributed by atoms with Crippen LogP contribution in [0.2, 0.25) is 0 Å².